The van der Waals surface area contributed by atoms with Gasteiger partial charge in [0.25, 0.3) is 0 Å². The minimum atomic E-state index is -0.701. The molecule has 4 aromatic rings. The van der Waals surface area contributed by atoms with Crippen molar-refractivity contribution in [1.82, 2.24) is 9.97 Å². The zero-order valence-electron chi connectivity index (χ0n) is 18.0. The number of hydrogen-bond acceptors (Lipinski definition) is 6. The van der Waals surface area contributed by atoms with Gasteiger partial charge in [-0.25, -0.2) is 4.98 Å². The van der Waals surface area contributed by atoms with Gasteiger partial charge in [-0.3, -0.25) is 0 Å². The molecule has 0 radical (unpaired) electrons. The van der Waals surface area contributed by atoms with Crippen molar-refractivity contribution in [2.24, 2.45) is 0 Å². The summed E-state index contributed by atoms with van der Waals surface area (Å²) >= 11 is 12.7. The number of aliphatic hydroxyl groups is 1. The van der Waals surface area contributed by atoms with E-state index < -0.39 is 6.10 Å². The Labute approximate surface area is 207 Å². The van der Waals surface area contributed by atoms with Crippen molar-refractivity contribution in [3.05, 3.63) is 111 Å². The number of rotatable bonds is 8. The van der Waals surface area contributed by atoms with Crippen LogP contribution in [0.1, 0.15) is 28.5 Å². The first-order chi connectivity index (χ1) is 16.5. The number of aromatic nitrogens is 2. The molecule has 34 heavy (non-hydrogen) atoms. The fourth-order valence-corrected chi connectivity index (χ4v) is 3.90. The minimum absolute atomic E-state index is 0.267. The number of nitriles is 1. The Morgan fingerprint density at radius 1 is 0.912 bits per heavy atom. The molecular formula is C26H21Cl2N5O. The molecule has 4 rings (SSSR count). The summed E-state index contributed by atoms with van der Waals surface area (Å²) in [5.74, 6) is 0.904. The molecule has 1 atom stereocenters. The minimum Gasteiger partial charge on any atom is -0.387 e. The molecule has 3 aromatic carbocycles. The van der Waals surface area contributed by atoms with E-state index in [0.717, 1.165) is 16.8 Å². The standard InChI is InChI=1S/C26H21Cl2N5O/c27-22-7-4-8-23(28)21(22)13-20-14-25(30-16-24(34)18-5-2-1-3-6-18)33-26(32-20)31-19-11-9-17(15-29)10-12-19/h1-12,14,24,34H,13,16H2,(H2,30,31,32,33). The first-order valence-electron chi connectivity index (χ1n) is 10.6. The summed E-state index contributed by atoms with van der Waals surface area (Å²) < 4.78 is 0. The summed E-state index contributed by atoms with van der Waals surface area (Å²) in [6.07, 6.45) is -0.300. The zero-order chi connectivity index (χ0) is 23.9. The quantitative estimate of drug-likeness (QED) is 0.275. The van der Waals surface area contributed by atoms with E-state index in [-0.39, 0.29) is 6.54 Å². The highest BCUT2D eigenvalue weighted by atomic mass is 35.5. The third kappa shape index (κ3) is 6.03. The van der Waals surface area contributed by atoms with Gasteiger partial charge in [-0.15, -0.1) is 0 Å². The lowest BCUT2D eigenvalue weighted by atomic mass is 10.1. The Morgan fingerprint density at radius 3 is 2.29 bits per heavy atom. The van der Waals surface area contributed by atoms with Crippen LogP contribution in [0.2, 0.25) is 10.0 Å². The van der Waals surface area contributed by atoms with Crippen LogP contribution in [0.4, 0.5) is 17.5 Å². The normalized spacial score (nSPS) is 11.5. The number of nitrogens with zero attached hydrogens (tertiary/aromatic N) is 3. The Kier molecular flexibility index (Phi) is 7.61. The molecule has 0 amide bonds. The van der Waals surface area contributed by atoms with Gasteiger partial charge in [-0.2, -0.15) is 10.2 Å². The van der Waals surface area contributed by atoms with Gasteiger partial charge in [-0.05, 0) is 47.5 Å². The molecule has 0 spiro atoms. The largest absolute Gasteiger partial charge is 0.387 e. The van der Waals surface area contributed by atoms with Crippen LogP contribution in [0.25, 0.3) is 0 Å². The molecule has 170 valence electrons. The predicted molar refractivity (Wildman–Crippen MR) is 136 cm³/mol. The molecule has 0 saturated carbocycles. The summed E-state index contributed by atoms with van der Waals surface area (Å²) in [6, 6.07) is 25.7. The number of hydrogen-bond donors (Lipinski definition) is 3. The third-order valence-electron chi connectivity index (χ3n) is 5.13. The maximum absolute atomic E-state index is 10.5. The van der Waals surface area contributed by atoms with Crippen LogP contribution in [0, 0.1) is 11.3 Å². The Morgan fingerprint density at radius 2 is 1.62 bits per heavy atom. The van der Waals surface area contributed by atoms with Gasteiger partial charge in [0.05, 0.1) is 23.4 Å². The Bertz CT molecular complexity index is 1290. The summed E-state index contributed by atoms with van der Waals surface area (Å²) in [6.45, 7) is 0.267. The SMILES string of the molecule is N#Cc1ccc(Nc2nc(Cc3c(Cl)cccc3Cl)cc(NCC(O)c3ccccc3)n2)cc1. The number of aliphatic hydroxyl groups excluding tert-OH is 1. The molecule has 0 aliphatic rings. The smallest absolute Gasteiger partial charge is 0.229 e. The molecule has 0 fully saturated rings. The van der Waals surface area contributed by atoms with Crippen molar-refractivity contribution < 1.29 is 5.11 Å². The molecular weight excluding hydrogens is 469 g/mol. The van der Waals surface area contributed by atoms with Gasteiger partial charge >= 0.3 is 0 Å². The van der Waals surface area contributed by atoms with Crippen molar-refractivity contribution in [1.29, 1.82) is 5.26 Å². The highest BCUT2D eigenvalue weighted by Gasteiger charge is 2.13. The molecule has 3 N–H and O–H groups in total. The number of nitrogens with one attached hydrogen (secondary N) is 2. The van der Waals surface area contributed by atoms with E-state index in [9.17, 15) is 5.11 Å². The van der Waals surface area contributed by atoms with E-state index in [0.29, 0.717) is 39.5 Å². The molecule has 0 aliphatic heterocycles. The van der Waals surface area contributed by atoms with Crippen LogP contribution < -0.4 is 10.6 Å². The van der Waals surface area contributed by atoms with Gasteiger partial charge < -0.3 is 15.7 Å². The van der Waals surface area contributed by atoms with Crippen LogP contribution in [-0.2, 0) is 6.42 Å². The van der Waals surface area contributed by atoms with E-state index in [1.807, 2.05) is 30.3 Å². The molecule has 0 saturated heterocycles. The van der Waals surface area contributed by atoms with E-state index in [2.05, 4.69) is 26.7 Å². The predicted octanol–water partition coefficient (Wildman–Crippen LogP) is 6.13. The van der Waals surface area contributed by atoms with E-state index in [1.165, 1.54) is 0 Å². The number of anilines is 3. The van der Waals surface area contributed by atoms with Crippen LogP contribution >= 0.6 is 23.2 Å². The number of benzene rings is 3. The monoisotopic (exact) mass is 489 g/mol. The first kappa shape index (κ1) is 23.5. The van der Waals surface area contributed by atoms with Gasteiger partial charge in [-0.1, -0.05) is 59.6 Å². The summed E-state index contributed by atoms with van der Waals surface area (Å²) in [5.41, 5.74) is 3.57. The molecule has 0 aliphatic carbocycles. The van der Waals surface area contributed by atoms with Crippen molar-refractivity contribution >= 4 is 40.7 Å². The summed E-state index contributed by atoms with van der Waals surface area (Å²) in [5, 5.41) is 27.0. The lowest BCUT2D eigenvalue weighted by Crippen LogP contribution is -2.14. The highest BCUT2D eigenvalue weighted by Crippen LogP contribution is 2.28. The molecule has 1 heterocycles. The van der Waals surface area contributed by atoms with E-state index >= 15 is 0 Å². The fraction of sp³-hybridized carbons (Fsp3) is 0.115. The first-order valence-corrected chi connectivity index (χ1v) is 11.3. The van der Waals surface area contributed by atoms with Crippen LogP contribution in [0.3, 0.4) is 0 Å². The summed E-state index contributed by atoms with van der Waals surface area (Å²) in [4.78, 5) is 9.18. The van der Waals surface area contributed by atoms with Crippen LogP contribution in [0.5, 0.6) is 0 Å². The van der Waals surface area contributed by atoms with Crippen LogP contribution in [0.15, 0.2) is 78.9 Å². The molecule has 0 bridgehead atoms. The Balaban J connectivity index is 1.60. The van der Waals surface area contributed by atoms with Crippen molar-refractivity contribution in [3.63, 3.8) is 0 Å². The average molecular weight is 490 g/mol. The average Bonchev–Trinajstić information content (AvgIpc) is 2.86. The maximum Gasteiger partial charge on any atom is 0.229 e. The van der Waals surface area contributed by atoms with E-state index in [4.69, 9.17) is 28.5 Å². The maximum atomic E-state index is 10.5. The summed E-state index contributed by atoms with van der Waals surface area (Å²) in [7, 11) is 0. The van der Waals surface area contributed by atoms with Crippen molar-refractivity contribution in [2.75, 3.05) is 17.2 Å². The second-order valence-corrected chi connectivity index (χ2v) is 8.38. The second-order valence-electron chi connectivity index (χ2n) is 7.57. The molecule has 1 aromatic heterocycles. The fourth-order valence-electron chi connectivity index (χ4n) is 3.37. The van der Waals surface area contributed by atoms with Gasteiger partial charge in [0.15, 0.2) is 0 Å². The lowest BCUT2D eigenvalue weighted by molar-refractivity contribution is 0.191. The topological polar surface area (TPSA) is 93.9 Å². The third-order valence-corrected chi connectivity index (χ3v) is 5.84. The highest BCUT2D eigenvalue weighted by molar-refractivity contribution is 6.36. The molecule has 8 heteroatoms. The van der Waals surface area contributed by atoms with Gasteiger partial charge in [0.1, 0.15) is 5.82 Å². The zero-order valence-corrected chi connectivity index (χ0v) is 19.6. The second kappa shape index (κ2) is 11.0. The van der Waals surface area contributed by atoms with E-state index in [1.54, 1.807) is 48.5 Å². The van der Waals surface area contributed by atoms with Gasteiger partial charge in [0.2, 0.25) is 5.95 Å². The van der Waals surface area contributed by atoms with Crippen LogP contribution in [-0.4, -0.2) is 21.6 Å². The molecule has 1 unspecified atom stereocenters. The van der Waals surface area contributed by atoms with Crippen molar-refractivity contribution in [3.8, 4) is 6.07 Å². The van der Waals surface area contributed by atoms with Crippen molar-refractivity contribution in [2.45, 2.75) is 12.5 Å². The Hall–Kier alpha value is -3.63. The van der Waals surface area contributed by atoms with Gasteiger partial charge in [0, 0.05) is 34.8 Å². The lowest BCUT2D eigenvalue weighted by Gasteiger charge is -2.15. The molecule has 6 nitrogen and oxygen atoms in total. The number of halogens is 2.